The van der Waals surface area contributed by atoms with Gasteiger partial charge in [0.15, 0.2) is 5.16 Å². The van der Waals surface area contributed by atoms with Gasteiger partial charge in [-0.15, -0.1) is 10.2 Å². The third kappa shape index (κ3) is 4.73. The Kier molecular flexibility index (Phi) is 6.72. The van der Waals surface area contributed by atoms with Gasteiger partial charge in [0.1, 0.15) is 5.82 Å². The number of carbonyl (C=O) groups excluding carboxylic acids is 2. The standard InChI is InChI=1S/C20H27N5O2S/c1-3-25-17(13-15-7-5-4-6-8-15)22-23-20(25)28-14(2)19(27)24-11-9-16(10-12-24)18(21)26/h4-8,14,16H,3,9-13H2,1-2H3,(H2,21,26). The van der Waals surface area contributed by atoms with Crippen molar-refractivity contribution in [1.29, 1.82) is 0 Å². The summed E-state index contributed by atoms with van der Waals surface area (Å²) in [5.74, 6) is 0.591. The van der Waals surface area contributed by atoms with Gasteiger partial charge in [-0.2, -0.15) is 0 Å². The van der Waals surface area contributed by atoms with Crippen molar-refractivity contribution in [3.05, 3.63) is 41.7 Å². The van der Waals surface area contributed by atoms with Gasteiger partial charge in [0.05, 0.1) is 5.25 Å². The molecule has 0 spiro atoms. The van der Waals surface area contributed by atoms with Gasteiger partial charge in [0, 0.05) is 32.0 Å². The number of hydrogen-bond donors (Lipinski definition) is 1. The van der Waals surface area contributed by atoms with Crippen molar-refractivity contribution in [3.8, 4) is 0 Å². The van der Waals surface area contributed by atoms with E-state index in [2.05, 4.69) is 33.8 Å². The van der Waals surface area contributed by atoms with E-state index in [-0.39, 0.29) is 23.0 Å². The average Bonchev–Trinajstić information content (AvgIpc) is 3.09. The molecule has 3 rings (SSSR count). The fourth-order valence-corrected chi connectivity index (χ4v) is 4.50. The number of thioether (sulfide) groups is 1. The van der Waals surface area contributed by atoms with E-state index in [1.807, 2.05) is 30.0 Å². The SMILES string of the molecule is CCn1c(Cc2ccccc2)nnc1SC(C)C(=O)N1CCC(C(N)=O)CC1. The number of amides is 2. The predicted octanol–water partition coefficient (Wildman–Crippen LogP) is 2.09. The van der Waals surface area contributed by atoms with E-state index in [4.69, 9.17) is 5.73 Å². The molecule has 1 aromatic carbocycles. The first kappa shape index (κ1) is 20.4. The Hall–Kier alpha value is -2.35. The van der Waals surface area contributed by atoms with Crippen LogP contribution in [-0.2, 0) is 22.6 Å². The van der Waals surface area contributed by atoms with Gasteiger partial charge in [-0.25, -0.2) is 0 Å². The minimum absolute atomic E-state index is 0.0724. The zero-order valence-electron chi connectivity index (χ0n) is 16.4. The first-order valence-corrected chi connectivity index (χ1v) is 10.6. The van der Waals surface area contributed by atoms with E-state index < -0.39 is 0 Å². The van der Waals surface area contributed by atoms with Crippen LogP contribution >= 0.6 is 11.8 Å². The number of primary amides is 1. The van der Waals surface area contributed by atoms with Crippen molar-refractivity contribution >= 4 is 23.6 Å². The molecule has 2 amide bonds. The number of aromatic nitrogens is 3. The normalized spacial score (nSPS) is 16.1. The van der Waals surface area contributed by atoms with Crippen LogP contribution in [-0.4, -0.2) is 49.8 Å². The van der Waals surface area contributed by atoms with E-state index in [0.29, 0.717) is 32.4 Å². The van der Waals surface area contributed by atoms with Gasteiger partial charge in [-0.1, -0.05) is 42.1 Å². The number of nitrogens with two attached hydrogens (primary N) is 1. The Balaban J connectivity index is 1.63. The maximum Gasteiger partial charge on any atom is 0.235 e. The lowest BCUT2D eigenvalue weighted by molar-refractivity contribution is -0.134. The largest absolute Gasteiger partial charge is 0.369 e. The van der Waals surface area contributed by atoms with Gasteiger partial charge in [-0.05, 0) is 32.3 Å². The van der Waals surface area contributed by atoms with Crippen molar-refractivity contribution in [3.63, 3.8) is 0 Å². The lowest BCUT2D eigenvalue weighted by Gasteiger charge is -2.32. The van der Waals surface area contributed by atoms with Crippen LogP contribution in [0.4, 0.5) is 0 Å². The highest BCUT2D eigenvalue weighted by molar-refractivity contribution is 8.00. The third-order valence-electron chi connectivity index (χ3n) is 5.15. The number of nitrogens with zero attached hydrogens (tertiary/aromatic N) is 4. The van der Waals surface area contributed by atoms with E-state index in [1.165, 1.54) is 17.3 Å². The number of hydrogen-bond acceptors (Lipinski definition) is 5. The van der Waals surface area contributed by atoms with Crippen molar-refractivity contribution in [2.75, 3.05) is 13.1 Å². The summed E-state index contributed by atoms with van der Waals surface area (Å²) in [6.07, 6.45) is 2.00. The van der Waals surface area contributed by atoms with E-state index >= 15 is 0 Å². The van der Waals surface area contributed by atoms with E-state index in [1.54, 1.807) is 0 Å². The van der Waals surface area contributed by atoms with Crippen molar-refractivity contribution in [2.24, 2.45) is 11.7 Å². The average molecular weight is 402 g/mol. The summed E-state index contributed by atoms with van der Waals surface area (Å²) < 4.78 is 2.07. The highest BCUT2D eigenvalue weighted by Crippen LogP contribution is 2.26. The second-order valence-electron chi connectivity index (χ2n) is 7.07. The van der Waals surface area contributed by atoms with Crippen LogP contribution in [0.5, 0.6) is 0 Å². The molecule has 0 aliphatic carbocycles. The fourth-order valence-electron chi connectivity index (χ4n) is 3.48. The topological polar surface area (TPSA) is 94.1 Å². The molecule has 8 heteroatoms. The molecular weight excluding hydrogens is 374 g/mol. The number of likely N-dealkylation sites (tertiary alicyclic amines) is 1. The number of rotatable bonds is 7. The monoisotopic (exact) mass is 401 g/mol. The Morgan fingerprint density at radius 2 is 1.89 bits per heavy atom. The summed E-state index contributed by atoms with van der Waals surface area (Å²) in [5, 5.41) is 9.19. The molecule has 1 unspecified atom stereocenters. The summed E-state index contributed by atoms with van der Waals surface area (Å²) in [4.78, 5) is 25.9. The zero-order chi connectivity index (χ0) is 20.1. The molecule has 28 heavy (non-hydrogen) atoms. The maximum absolute atomic E-state index is 12.8. The van der Waals surface area contributed by atoms with Crippen LogP contribution in [0.1, 0.15) is 38.1 Å². The molecule has 1 aliphatic heterocycles. The summed E-state index contributed by atoms with van der Waals surface area (Å²) in [6, 6.07) is 10.2. The van der Waals surface area contributed by atoms with Crippen LogP contribution in [0.2, 0.25) is 0 Å². The van der Waals surface area contributed by atoms with E-state index in [9.17, 15) is 9.59 Å². The smallest absolute Gasteiger partial charge is 0.235 e. The second kappa shape index (κ2) is 9.23. The highest BCUT2D eigenvalue weighted by Gasteiger charge is 2.29. The predicted molar refractivity (Wildman–Crippen MR) is 109 cm³/mol. The van der Waals surface area contributed by atoms with Crippen LogP contribution < -0.4 is 5.73 Å². The van der Waals surface area contributed by atoms with Crippen LogP contribution in [0.15, 0.2) is 35.5 Å². The molecule has 2 N–H and O–H groups in total. The molecule has 1 aromatic heterocycles. The first-order chi connectivity index (χ1) is 13.5. The maximum atomic E-state index is 12.8. The molecule has 1 saturated heterocycles. The number of carbonyl (C=O) groups is 2. The Bertz CT molecular complexity index is 815. The summed E-state index contributed by atoms with van der Waals surface area (Å²) >= 11 is 1.44. The fraction of sp³-hybridized carbons (Fsp3) is 0.500. The molecular formula is C20H27N5O2S. The second-order valence-corrected chi connectivity index (χ2v) is 8.38. The van der Waals surface area contributed by atoms with Gasteiger partial charge < -0.3 is 15.2 Å². The quantitative estimate of drug-likeness (QED) is 0.717. The summed E-state index contributed by atoms with van der Waals surface area (Å²) in [7, 11) is 0. The van der Waals surface area contributed by atoms with Gasteiger partial charge in [0.2, 0.25) is 11.8 Å². The van der Waals surface area contributed by atoms with Crippen LogP contribution in [0.25, 0.3) is 0 Å². The third-order valence-corrected chi connectivity index (χ3v) is 6.22. The minimum Gasteiger partial charge on any atom is -0.369 e. The first-order valence-electron chi connectivity index (χ1n) is 9.70. The molecule has 0 radical (unpaired) electrons. The molecule has 1 fully saturated rings. The zero-order valence-corrected chi connectivity index (χ0v) is 17.2. The van der Waals surface area contributed by atoms with Crippen molar-refractivity contribution in [2.45, 2.75) is 50.1 Å². The lowest BCUT2D eigenvalue weighted by Crippen LogP contribution is -2.44. The Labute approximate surface area is 169 Å². The molecule has 0 saturated carbocycles. The lowest BCUT2D eigenvalue weighted by atomic mass is 9.96. The Morgan fingerprint density at radius 1 is 1.21 bits per heavy atom. The molecule has 150 valence electrons. The van der Waals surface area contributed by atoms with Gasteiger partial charge in [0.25, 0.3) is 0 Å². The minimum atomic E-state index is -0.267. The number of benzene rings is 1. The molecule has 7 nitrogen and oxygen atoms in total. The molecule has 1 aliphatic rings. The molecule has 2 aromatic rings. The van der Waals surface area contributed by atoms with Crippen molar-refractivity contribution in [1.82, 2.24) is 19.7 Å². The molecule has 0 bridgehead atoms. The van der Waals surface area contributed by atoms with Crippen molar-refractivity contribution < 1.29 is 9.59 Å². The Morgan fingerprint density at radius 3 is 2.50 bits per heavy atom. The van der Waals surface area contributed by atoms with E-state index in [0.717, 1.165) is 17.5 Å². The van der Waals surface area contributed by atoms with Gasteiger partial charge in [-0.3, -0.25) is 9.59 Å². The summed E-state index contributed by atoms with van der Waals surface area (Å²) in [5.41, 5.74) is 6.56. The highest BCUT2D eigenvalue weighted by atomic mass is 32.2. The molecule has 1 atom stereocenters. The van der Waals surface area contributed by atoms with Crippen LogP contribution in [0.3, 0.4) is 0 Å². The number of piperidine rings is 1. The van der Waals surface area contributed by atoms with Crippen LogP contribution in [0, 0.1) is 5.92 Å². The summed E-state index contributed by atoms with van der Waals surface area (Å²) in [6.45, 7) is 5.87. The molecule has 2 heterocycles. The van der Waals surface area contributed by atoms with Gasteiger partial charge >= 0.3 is 0 Å².